The molecule has 0 unspecified atom stereocenters. The van der Waals surface area contributed by atoms with Gasteiger partial charge in [0.05, 0.1) is 0 Å². The van der Waals surface area contributed by atoms with Gasteiger partial charge in [-0.15, -0.1) is 12.4 Å². The van der Waals surface area contributed by atoms with Crippen LogP contribution in [0.2, 0.25) is 0 Å². The maximum absolute atomic E-state index is 10.6. The Morgan fingerprint density at radius 1 is 1.60 bits per heavy atom. The Hall–Kier alpha value is -1.00. The summed E-state index contributed by atoms with van der Waals surface area (Å²) >= 11 is 0. The van der Waals surface area contributed by atoms with E-state index >= 15 is 0 Å². The van der Waals surface area contributed by atoms with Crippen molar-refractivity contribution < 1.29 is 14.3 Å². The molecule has 1 heterocycles. The molecule has 1 aromatic heterocycles. The summed E-state index contributed by atoms with van der Waals surface area (Å²) in [7, 11) is 0. The Kier molecular flexibility index (Phi) is 5.39. The first-order chi connectivity index (χ1) is 6.54. The molecule has 0 aliphatic rings. The summed E-state index contributed by atoms with van der Waals surface area (Å²) < 4.78 is 5.20. The number of halogens is 1. The van der Waals surface area contributed by atoms with Crippen molar-refractivity contribution in [1.29, 1.82) is 0 Å². The minimum Gasteiger partial charge on any atom is -0.475 e. The van der Waals surface area contributed by atoms with Gasteiger partial charge in [-0.25, -0.2) is 4.79 Å². The zero-order valence-electron chi connectivity index (χ0n) is 8.82. The van der Waals surface area contributed by atoms with Crippen LogP contribution in [-0.4, -0.2) is 11.1 Å². The van der Waals surface area contributed by atoms with E-state index in [1.165, 1.54) is 6.07 Å². The van der Waals surface area contributed by atoms with Crippen molar-refractivity contribution in [2.45, 2.75) is 26.8 Å². The van der Waals surface area contributed by atoms with Gasteiger partial charge in [-0.2, -0.15) is 0 Å². The van der Waals surface area contributed by atoms with Gasteiger partial charge in [0.1, 0.15) is 5.76 Å². The molecule has 0 radical (unpaired) electrons. The monoisotopic (exact) mass is 233 g/mol. The Balaban J connectivity index is 0.00000196. The molecule has 1 rings (SSSR count). The minimum absolute atomic E-state index is 0. The summed E-state index contributed by atoms with van der Waals surface area (Å²) in [5, 5.41) is 8.72. The second-order valence-corrected chi connectivity index (χ2v) is 3.67. The largest absolute Gasteiger partial charge is 0.475 e. The van der Waals surface area contributed by atoms with Crippen molar-refractivity contribution in [3.8, 4) is 0 Å². The van der Waals surface area contributed by atoms with Crippen molar-refractivity contribution >= 4 is 18.4 Å². The van der Waals surface area contributed by atoms with E-state index in [1.807, 2.05) is 13.8 Å². The van der Waals surface area contributed by atoms with E-state index in [2.05, 4.69) is 0 Å². The van der Waals surface area contributed by atoms with Crippen LogP contribution >= 0.6 is 12.4 Å². The highest BCUT2D eigenvalue weighted by Crippen LogP contribution is 2.18. The summed E-state index contributed by atoms with van der Waals surface area (Å²) in [5.41, 5.74) is 6.27. The number of hydrogen-bond acceptors (Lipinski definition) is 3. The summed E-state index contributed by atoms with van der Waals surface area (Å²) in [4.78, 5) is 10.6. The molecule has 15 heavy (non-hydrogen) atoms. The molecule has 0 bridgehead atoms. The van der Waals surface area contributed by atoms with Crippen LogP contribution in [0, 0.1) is 5.92 Å². The number of carboxylic acids is 1. The van der Waals surface area contributed by atoms with Crippen LogP contribution in [0.25, 0.3) is 0 Å². The summed E-state index contributed by atoms with van der Waals surface area (Å²) in [6, 6.07) is 1.50. The SMILES string of the molecule is CC(C)Cc1oc(C(=O)O)cc1CN.Cl. The second kappa shape index (κ2) is 5.78. The van der Waals surface area contributed by atoms with E-state index in [-0.39, 0.29) is 18.2 Å². The van der Waals surface area contributed by atoms with Crippen LogP contribution in [0.4, 0.5) is 0 Å². The van der Waals surface area contributed by atoms with E-state index in [4.69, 9.17) is 15.3 Å². The van der Waals surface area contributed by atoms with Crippen molar-refractivity contribution in [2.75, 3.05) is 0 Å². The number of furan rings is 1. The normalized spacial score (nSPS) is 10.1. The molecule has 0 spiro atoms. The van der Waals surface area contributed by atoms with Gasteiger partial charge in [0, 0.05) is 18.5 Å². The Labute approximate surface area is 94.9 Å². The predicted molar refractivity (Wildman–Crippen MR) is 59.3 cm³/mol. The smallest absolute Gasteiger partial charge is 0.371 e. The Bertz CT molecular complexity index is 333. The van der Waals surface area contributed by atoms with Crippen molar-refractivity contribution in [3.05, 3.63) is 23.2 Å². The molecule has 0 saturated carbocycles. The van der Waals surface area contributed by atoms with E-state index in [0.717, 1.165) is 12.0 Å². The van der Waals surface area contributed by atoms with Gasteiger partial charge in [-0.1, -0.05) is 13.8 Å². The van der Waals surface area contributed by atoms with Gasteiger partial charge >= 0.3 is 5.97 Å². The number of aromatic carboxylic acids is 1. The third kappa shape index (κ3) is 3.57. The lowest BCUT2D eigenvalue weighted by Gasteiger charge is -2.02. The lowest BCUT2D eigenvalue weighted by Crippen LogP contribution is -2.01. The quantitative estimate of drug-likeness (QED) is 0.835. The summed E-state index contributed by atoms with van der Waals surface area (Å²) in [6.07, 6.45) is 0.722. The molecule has 0 amide bonds. The number of carbonyl (C=O) groups is 1. The number of rotatable bonds is 4. The van der Waals surface area contributed by atoms with E-state index in [0.29, 0.717) is 18.2 Å². The highest BCUT2D eigenvalue weighted by atomic mass is 35.5. The number of carboxylic acid groups (broad SMARTS) is 1. The highest BCUT2D eigenvalue weighted by Gasteiger charge is 2.15. The van der Waals surface area contributed by atoms with Crippen molar-refractivity contribution in [2.24, 2.45) is 11.7 Å². The third-order valence-electron chi connectivity index (χ3n) is 1.92. The summed E-state index contributed by atoms with van der Waals surface area (Å²) in [6.45, 7) is 4.41. The molecule has 0 aliphatic heterocycles. The zero-order valence-corrected chi connectivity index (χ0v) is 9.63. The molecule has 0 aromatic carbocycles. The van der Waals surface area contributed by atoms with Crippen LogP contribution in [-0.2, 0) is 13.0 Å². The standard InChI is InChI=1S/C10H15NO3.ClH/c1-6(2)3-8-7(5-11)4-9(14-8)10(12)13;/h4,6H,3,5,11H2,1-2H3,(H,12,13);1H. The first-order valence-corrected chi connectivity index (χ1v) is 4.59. The maximum atomic E-state index is 10.6. The number of nitrogens with two attached hydrogens (primary N) is 1. The lowest BCUT2D eigenvalue weighted by molar-refractivity contribution is 0.0660. The molecule has 3 N–H and O–H groups in total. The van der Waals surface area contributed by atoms with Crippen LogP contribution in [0.15, 0.2) is 10.5 Å². The molecule has 1 aromatic rings. The number of hydrogen-bond donors (Lipinski definition) is 2. The first kappa shape index (κ1) is 14.0. The van der Waals surface area contributed by atoms with E-state index in [9.17, 15) is 4.79 Å². The predicted octanol–water partition coefficient (Wildman–Crippen LogP) is 2.06. The third-order valence-corrected chi connectivity index (χ3v) is 1.92. The van der Waals surface area contributed by atoms with Gasteiger partial charge in [-0.05, 0) is 12.0 Å². The first-order valence-electron chi connectivity index (χ1n) is 4.59. The lowest BCUT2D eigenvalue weighted by atomic mass is 10.1. The molecule has 0 atom stereocenters. The van der Waals surface area contributed by atoms with Gasteiger partial charge < -0.3 is 15.3 Å². The zero-order chi connectivity index (χ0) is 10.7. The van der Waals surface area contributed by atoms with Gasteiger partial charge in [0.25, 0.3) is 0 Å². The van der Waals surface area contributed by atoms with E-state index in [1.54, 1.807) is 0 Å². The topological polar surface area (TPSA) is 76.5 Å². The fraction of sp³-hybridized carbons (Fsp3) is 0.500. The van der Waals surface area contributed by atoms with Gasteiger partial charge in [0.15, 0.2) is 0 Å². The Morgan fingerprint density at radius 2 is 2.20 bits per heavy atom. The van der Waals surface area contributed by atoms with Gasteiger partial charge in [-0.3, -0.25) is 0 Å². The molecule has 0 aliphatic carbocycles. The summed E-state index contributed by atoms with van der Waals surface area (Å²) in [5.74, 6) is 0.0452. The van der Waals surface area contributed by atoms with Crippen molar-refractivity contribution in [1.82, 2.24) is 0 Å². The molecular weight excluding hydrogens is 218 g/mol. The highest BCUT2D eigenvalue weighted by molar-refractivity contribution is 5.85. The minimum atomic E-state index is -1.05. The Morgan fingerprint density at radius 3 is 2.60 bits per heavy atom. The van der Waals surface area contributed by atoms with Crippen LogP contribution < -0.4 is 5.73 Å². The average molecular weight is 234 g/mol. The molecule has 4 nitrogen and oxygen atoms in total. The maximum Gasteiger partial charge on any atom is 0.371 e. The molecule has 86 valence electrons. The van der Waals surface area contributed by atoms with Crippen LogP contribution in [0.3, 0.4) is 0 Å². The molecule has 0 fully saturated rings. The fourth-order valence-corrected chi connectivity index (χ4v) is 1.29. The second-order valence-electron chi connectivity index (χ2n) is 3.67. The molecule has 0 saturated heterocycles. The van der Waals surface area contributed by atoms with Crippen LogP contribution in [0.1, 0.15) is 35.7 Å². The van der Waals surface area contributed by atoms with Gasteiger partial charge in [0.2, 0.25) is 5.76 Å². The average Bonchev–Trinajstić information content (AvgIpc) is 2.46. The molecular formula is C10H16ClNO3. The molecule has 5 heteroatoms. The van der Waals surface area contributed by atoms with Crippen LogP contribution in [0.5, 0.6) is 0 Å². The van der Waals surface area contributed by atoms with Crippen molar-refractivity contribution in [3.63, 3.8) is 0 Å². The fourth-order valence-electron chi connectivity index (χ4n) is 1.29. The van der Waals surface area contributed by atoms with E-state index < -0.39 is 5.97 Å².